The van der Waals surface area contributed by atoms with Gasteiger partial charge in [0.2, 0.25) is 0 Å². The zero-order valence-electron chi connectivity index (χ0n) is 22.1. The number of nitrogens with one attached hydrogen (secondary N) is 2. The zero-order valence-corrected chi connectivity index (χ0v) is 23.6. The lowest BCUT2D eigenvalue weighted by Gasteiger charge is -2.37. The van der Waals surface area contributed by atoms with Crippen LogP contribution in [0.1, 0.15) is 57.1 Å². The molecule has 4 rings (SSSR count). The van der Waals surface area contributed by atoms with Crippen molar-refractivity contribution < 1.29 is 4.79 Å². The Labute approximate surface area is 231 Å². The van der Waals surface area contributed by atoms with Gasteiger partial charge in [0.25, 0.3) is 0 Å². The average Bonchev–Trinajstić information content (AvgIpc) is 3.18. The molecule has 4 atom stereocenters. The normalized spacial score (nSPS) is 26.6. The summed E-state index contributed by atoms with van der Waals surface area (Å²) in [5, 5.41) is 19.3. The molecular weight excluding hydrogens is 503 g/mol. The zero-order chi connectivity index (χ0) is 26.6. The molecule has 37 heavy (non-hydrogen) atoms. The number of piperazine rings is 1. The van der Waals surface area contributed by atoms with Gasteiger partial charge >= 0.3 is 0 Å². The fraction of sp³-hybridized carbons (Fsp3) is 0.533. The molecule has 0 saturated carbocycles. The lowest BCUT2D eigenvalue weighted by molar-refractivity contribution is -0.121. The van der Waals surface area contributed by atoms with Crippen molar-refractivity contribution in [3.05, 3.63) is 69.7 Å². The molecule has 0 amide bonds. The maximum absolute atomic E-state index is 13.9. The van der Waals surface area contributed by atoms with Gasteiger partial charge in [0.1, 0.15) is 5.41 Å². The highest BCUT2D eigenvalue weighted by atomic mass is 35.5. The van der Waals surface area contributed by atoms with Gasteiger partial charge in [-0.2, -0.15) is 5.26 Å². The molecule has 0 bridgehead atoms. The van der Waals surface area contributed by atoms with E-state index in [4.69, 9.17) is 23.2 Å². The van der Waals surface area contributed by atoms with Gasteiger partial charge in [-0.15, -0.1) is 0 Å². The van der Waals surface area contributed by atoms with E-state index in [1.807, 2.05) is 48.5 Å². The number of rotatable bonds is 8. The minimum absolute atomic E-state index is 0.0503. The summed E-state index contributed by atoms with van der Waals surface area (Å²) in [6.07, 6.45) is 2.03. The third-order valence-corrected chi connectivity index (χ3v) is 8.23. The fourth-order valence-corrected chi connectivity index (χ4v) is 6.40. The second-order valence-corrected chi connectivity index (χ2v) is 12.5. The van der Waals surface area contributed by atoms with Crippen LogP contribution in [0.25, 0.3) is 0 Å². The first-order valence-corrected chi connectivity index (χ1v) is 14.0. The van der Waals surface area contributed by atoms with Crippen LogP contribution >= 0.6 is 23.2 Å². The second kappa shape index (κ2) is 11.8. The van der Waals surface area contributed by atoms with Crippen molar-refractivity contribution in [3.8, 4) is 6.07 Å². The predicted octanol–water partition coefficient (Wildman–Crippen LogP) is 5.57. The number of ketones is 1. The highest BCUT2D eigenvalue weighted by Crippen LogP contribution is 2.51. The van der Waals surface area contributed by atoms with E-state index in [9.17, 15) is 10.1 Å². The van der Waals surface area contributed by atoms with Gasteiger partial charge in [-0.05, 0) is 60.2 Å². The summed E-state index contributed by atoms with van der Waals surface area (Å²) in [4.78, 5) is 16.3. The quantitative estimate of drug-likeness (QED) is 0.458. The highest BCUT2D eigenvalue weighted by Gasteiger charge is 2.59. The van der Waals surface area contributed by atoms with E-state index in [1.165, 1.54) is 0 Å². The van der Waals surface area contributed by atoms with Crippen LogP contribution in [0.5, 0.6) is 0 Å². The summed E-state index contributed by atoms with van der Waals surface area (Å²) in [5.41, 5.74) is 0.780. The van der Waals surface area contributed by atoms with Gasteiger partial charge in [0, 0.05) is 54.6 Å². The molecule has 198 valence electrons. The number of nitriles is 1. The molecule has 0 radical (unpaired) electrons. The van der Waals surface area contributed by atoms with Gasteiger partial charge in [0.05, 0.1) is 12.1 Å². The summed E-state index contributed by atoms with van der Waals surface area (Å²) < 4.78 is 0. The topological polar surface area (TPSA) is 68.2 Å². The Balaban J connectivity index is 1.73. The number of nitrogens with zero attached hydrogens (tertiary/aromatic N) is 2. The first-order valence-electron chi connectivity index (χ1n) is 13.3. The van der Waals surface area contributed by atoms with Crippen LogP contribution in [0.4, 0.5) is 0 Å². The van der Waals surface area contributed by atoms with E-state index in [-0.39, 0.29) is 23.2 Å². The number of carbonyl (C=O) groups is 1. The van der Waals surface area contributed by atoms with Gasteiger partial charge < -0.3 is 15.5 Å². The van der Waals surface area contributed by atoms with E-state index in [0.717, 1.165) is 56.7 Å². The molecule has 0 aromatic heterocycles. The summed E-state index contributed by atoms with van der Waals surface area (Å²) >= 11 is 12.7. The first-order chi connectivity index (χ1) is 17.6. The van der Waals surface area contributed by atoms with Crippen LogP contribution in [0, 0.1) is 16.7 Å². The minimum atomic E-state index is -0.957. The fourth-order valence-electron chi connectivity index (χ4n) is 6.08. The smallest absolute Gasteiger partial charge is 0.150 e. The Morgan fingerprint density at radius 3 is 2.43 bits per heavy atom. The molecule has 0 spiro atoms. The molecule has 2 aliphatic rings. The third kappa shape index (κ3) is 6.38. The molecular formula is C30H38Cl2N4O. The molecule has 2 aromatic carbocycles. The molecule has 5 nitrogen and oxygen atoms in total. The summed E-state index contributed by atoms with van der Waals surface area (Å²) in [6, 6.07) is 17.2. The lowest BCUT2D eigenvalue weighted by atomic mass is 9.62. The molecule has 2 saturated heterocycles. The molecule has 2 heterocycles. The van der Waals surface area contributed by atoms with Crippen molar-refractivity contribution in [3.63, 3.8) is 0 Å². The SMILES string of the molecule is CC(C)(C)C[C@@H]1N[C@@H](C(=O)CCCN2CCNCC2)[C@H](c2cccc(Cl)c2)[C@@]1(C#N)c1ccc(Cl)cc1. The monoisotopic (exact) mass is 540 g/mol. The lowest BCUT2D eigenvalue weighted by Crippen LogP contribution is -2.44. The maximum atomic E-state index is 13.9. The Bertz CT molecular complexity index is 1120. The van der Waals surface area contributed by atoms with E-state index in [2.05, 4.69) is 42.4 Å². The van der Waals surface area contributed by atoms with Gasteiger partial charge in [0.15, 0.2) is 5.78 Å². The van der Waals surface area contributed by atoms with Crippen LogP contribution in [0.2, 0.25) is 10.0 Å². The third-order valence-electron chi connectivity index (χ3n) is 7.74. The van der Waals surface area contributed by atoms with Crippen LogP contribution in [-0.4, -0.2) is 55.5 Å². The Hall–Kier alpha value is -1.94. The van der Waals surface area contributed by atoms with Crippen molar-refractivity contribution in [1.29, 1.82) is 5.26 Å². The molecule has 7 heteroatoms. The van der Waals surface area contributed by atoms with Crippen LogP contribution < -0.4 is 10.6 Å². The van der Waals surface area contributed by atoms with Crippen molar-refractivity contribution in [2.45, 2.75) is 63.5 Å². The second-order valence-electron chi connectivity index (χ2n) is 11.6. The van der Waals surface area contributed by atoms with E-state index >= 15 is 0 Å². The first kappa shape index (κ1) is 28.1. The Kier molecular flexibility index (Phi) is 8.99. The van der Waals surface area contributed by atoms with Crippen LogP contribution in [0.15, 0.2) is 48.5 Å². The van der Waals surface area contributed by atoms with Gasteiger partial charge in [-0.3, -0.25) is 4.79 Å². The highest BCUT2D eigenvalue weighted by molar-refractivity contribution is 6.30. The number of carbonyl (C=O) groups excluding carboxylic acids is 1. The van der Waals surface area contributed by atoms with Crippen molar-refractivity contribution >= 4 is 29.0 Å². The van der Waals surface area contributed by atoms with Gasteiger partial charge in [-0.1, -0.05) is 68.2 Å². The Morgan fingerprint density at radius 2 is 1.81 bits per heavy atom. The average molecular weight is 542 g/mol. The number of halogens is 2. The van der Waals surface area contributed by atoms with Gasteiger partial charge in [-0.25, -0.2) is 0 Å². The largest absolute Gasteiger partial charge is 0.314 e. The van der Waals surface area contributed by atoms with Crippen molar-refractivity contribution in [1.82, 2.24) is 15.5 Å². The molecule has 0 aliphatic carbocycles. The number of hydrogen-bond donors (Lipinski definition) is 2. The van der Waals surface area contributed by atoms with E-state index < -0.39 is 11.5 Å². The summed E-state index contributed by atoms with van der Waals surface area (Å²) in [6.45, 7) is 11.5. The van der Waals surface area contributed by atoms with Crippen molar-refractivity contribution in [2.24, 2.45) is 5.41 Å². The summed E-state index contributed by atoms with van der Waals surface area (Å²) in [7, 11) is 0. The van der Waals surface area contributed by atoms with Crippen molar-refractivity contribution in [2.75, 3.05) is 32.7 Å². The molecule has 0 unspecified atom stereocenters. The number of Topliss-reactive ketones (excluding diaryl/α,β-unsaturated/α-hetero) is 1. The van der Waals surface area contributed by atoms with Crippen LogP contribution in [-0.2, 0) is 10.2 Å². The Morgan fingerprint density at radius 1 is 1.11 bits per heavy atom. The van der Waals surface area contributed by atoms with E-state index in [1.54, 1.807) is 0 Å². The molecule has 2 fully saturated rings. The number of hydrogen-bond acceptors (Lipinski definition) is 5. The maximum Gasteiger partial charge on any atom is 0.150 e. The summed E-state index contributed by atoms with van der Waals surface area (Å²) in [5.74, 6) is -0.221. The standard InChI is InChI=1S/C30H38Cl2N4O/c1-29(2,3)19-26-30(20-33,22-9-11-23(31)12-10-22)27(21-6-4-7-24(32)18-21)28(35-26)25(37)8-5-15-36-16-13-34-14-17-36/h4,6-7,9-12,18,26-28,34-35H,5,8,13-17,19H2,1-3H3/t26-,27-,28-,30-/m0/s1. The van der Waals surface area contributed by atoms with E-state index in [0.29, 0.717) is 16.5 Å². The molecule has 2 aliphatic heterocycles. The minimum Gasteiger partial charge on any atom is -0.314 e. The van der Waals surface area contributed by atoms with Crippen LogP contribution in [0.3, 0.4) is 0 Å². The molecule has 2 N–H and O–H groups in total. The number of benzene rings is 2. The predicted molar refractivity (Wildman–Crippen MR) is 151 cm³/mol. The molecule has 2 aromatic rings.